The van der Waals surface area contributed by atoms with Gasteiger partial charge in [0.05, 0.1) is 18.8 Å². The molecule has 2 heteroatoms. The number of hydrogen-bond donors (Lipinski definition) is 1. The second-order valence-corrected chi connectivity index (χ2v) is 4.63. The highest BCUT2D eigenvalue weighted by atomic mass is 16.6. The number of hydrogen-bond acceptors (Lipinski definition) is 2. The molecule has 2 nitrogen and oxygen atoms in total. The molecule has 3 rings (SSSR count). The molecule has 18 heavy (non-hydrogen) atoms. The fourth-order valence-electron chi connectivity index (χ4n) is 2.07. The summed E-state index contributed by atoms with van der Waals surface area (Å²) in [7, 11) is 0. The number of allylic oxidation sites excluding steroid dienone is 2. The summed E-state index contributed by atoms with van der Waals surface area (Å²) in [6.45, 7) is 0.917. The van der Waals surface area contributed by atoms with Crippen molar-refractivity contribution in [2.24, 2.45) is 0 Å². The van der Waals surface area contributed by atoms with Gasteiger partial charge in [-0.25, -0.2) is 0 Å². The first kappa shape index (κ1) is 11.3. The first-order valence-corrected chi connectivity index (χ1v) is 6.40. The van der Waals surface area contributed by atoms with Crippen molar-refractivity contribution in [2.45, 2.75) is 18.6 Å². The Balaban J connectivity index is 1.70. The molecule has 1 N–H and O–H groups in total. The SMILES string of the molecule is C1=CC(=CCC2CO2)C(Nc2ccccc2)C=C1. The molecule has 1 aromatic carbocycles. The summed E-state index contributed by atoms with van der Waals surface area (Å²) < 4.78 is 5.25. The predicted octanol–water partition coefficient (Wildman–Crippen LogP) is 3.31. The van der Waals surface area contributed by atoms with E-state index >= 15 is 0 Å². The molecule has 0 saturated carbocycles. The molecular weight excluding hydrogens is 222 g/mol. The molecule has 1 aromatic rings. The lowest BCUT2D eigenvalue weighted by molar-refractivity contribution is 0.410. The van der Waals surface area contributed by atoms with Crippen LogP contribution < -0.4 is 5.32 Å². The predicted molar refractivity (Wildman–Crippen MR) is 74.6 cm³/mol. The molecule has 92 valence electrons. The molecule has 0 bridgehead atoms. The molecule has 0 amide bonds. The number of rotatable bonds is 4. The Morgan fingerprint density at radius 3 is 2.83 bits per heavy atom. The standard InChI is InChI=1S/C16H17NO/c1-2-7-14(8-3-1)17-16-9-5-4-6-13(16)10-11-15-12-18-15/h1-10,15-17H,11-12H2. The molecule has 0 radical (unpaired) electrons. The molecule has 1 heterocycles. The van der Waals surface area contributed by atoms with Gasteiger partial charge in [0.1, 0.15) is 0 Å². The van der Waals surface area contributed by atoms with E-state index in [0.717, 1.165) is 18.7 Å². The van der Waals surface area contributed by atoms with Gasteiger partial charge in [0, 0.05) is 5.69 Å². The molecule has 1 saturated heterocycles. The molecule has 2 unspecified atom stereocenters. The maximum atomic E-state index is 5.25. The normalized spacial score (nSPS) is 27.4. The number of nitrogens with one attached hydrogen (secondary N) is 1. The van der Waals surface area contributed by atoms with Gasteiger partial charge in [-0.05, 0) is 24.1 Å². The van der Waals surface area contributed by atoms with Crippen LogP contribution in [0.2, 0.25) is 0 Å². The van der Waals surface area contributed by atoms with Crippen molar-refractivity contribution in [3.05, 3.63) is 66.3 Å². The van der Waals surface area contributed by atoms with Crippen LogP contribution in [0.5, 0.6) is 0 Å². The summed E-state index contributed by atoms with van der Waals surface area (Å²) in [5.41, 5.74) is 2.47. The quantitative estimate of drug-likeness (QED) is 0.815. The summed E-state index contributed by atoms with van der Waals surface area (Å²) in [5, 5.41) is 3.53. The third kappa shape index (κ3) is 2.90. The molecular formula is C16H17NO. The van der Waals surface area contributed by atoms with E-state index in [0.29, 0.717) is 6.10 Å². The third-order valence-corrected chi connectivity index (χ3v) is 3.18. The summed E-state index contributed by atoms with van der Waals surface area (Å²) in [5.74, 6) is 0. The molecule has 1 fully saturated rings. The Hall–Kier alpha value is -1.80. The third-order valence-electron chi connectivity index (χ3n) is 3.18. The van der Waals surface area contributed by atoms with Gasteiger partial charge in [-0.3, -0.25) is 0 Å². The Morgan fingerprint density at radius 1 is 1.22 bits per heavy atom. The van der Waals surface area contributed by atoms with Crippen molar-refractivity contribution in [1.29, 1.82) is 0 Å². The Morgan fingerprint density at radius 2 is 2.06 bits per heavy atom. The van der Waals surface area contributed by atoms with Crippen LogP contribution in [-0.2, 0) is 4.74 Å². The highest BCUT2D eigenvalue weighted by molar-refractivity contribution is 5.50. The van der Waals surface area contributed by atoms with Crippen LogP contribution >= 0.6 is 0 Å². The van der Waals surface area contributed by atoms with Crippen LogP contribution in [0.25, 0.3) is 0 Å². The molecule has 2 atom stereocenters. The molecule has 2 aliphatic rings. The zero-order valence-corrected chi connectivity index (χ0v) is 10.3. The molecule has 1 aliphatic heterocycles. The number of para-hydroxylation sites is 1. The minimum atomic E-state index is 0.260. The van der Waals surface area contributed by atoms with Gasteiger partial charge < -0.3 is 10.1 Å². The van der Waals surface area contributed by atoms with Crippen LogP contribution in [-0.4, -0.2) is 18.8 Å². The maximum Gasteiger partial charge on any atom is 0.0844 e. The van der Waals surface area contributed by atoms with Gasteiger partial charge in [0.15, 0.2) is 0 Å². The number of benzene rings is 1. The average molecular weight is 239 g/mol. The fraction of sp³-hybridized carbons (Fsp3) is 0.250. The van der Waals surface area contributed by atoms with Gasteiger partial charge in [-0.2, -0.15) is 0 Å². The van der Waals surface area contributed by atoms with Crippen LogP contribution in [0.1, 0.15) is 6.42 Å². The Bertz CT molecular complexity index is 483. The summed E-state index contributed by atoms with van der Waals surface area (Å²) in [6, 6.07) is 10.6. The zero-order chi connectivity index (χ0) is 12.2. The van der Waals surface area contributed by atoms with E-state index in [1.165, 1.54) is 5.57 Å². The average Bonchev–Trinajstić information content (AvgIpc) is 3.23. The van der Waals surface area contributed by atoms with Crippen molar-refractivity contribution >= 4 is 5.69 Å². The molecule has 0 spiro atoms. The summed E-state index contributed by atoms with van der Waals surface area (Å²) in [4.78, 5) is 0. The first-order chi connectivity index (χ1) is 8.92. The molecule has 0 aromatic heterocycles. The van der Waals surface area contributed by atoms with E-state index < -0.39 is 0 Å². The molecule has 1 aliphatic carbocycles. The zero-order valence-electron chi connectivity index (χ0n) is 10.3. The monoisotopic (exact) mass is 239 g/mol. The van der Waals surface area contributed by atoms with Gasteiger partial charge >= 0.3 is 0 Å². The van der Waals surface area contributed by atoms with E-state index in [2.05, 4.69) is 47.8 Å². The van der Waals surface area contributed by atoms with Gasteiger partial charge in [-0.15, -0.1) is 0 Å². The lowest BCUT2D eigenvalue weighted by Crippen LogP contribution is -2.20. The van der Waals surface area contributed by atoms with E-state index in [9.17, 15) is 0 Å². The topological polar surface area (TPSA) is 24.6 Å². The van der Waals surface area contributed by atoms with Crippen LogP contribution in [0.4, 0.5) is 5.69 Å². The van der Waals surface area contributed by atoms with Gasteiger partial charge in [0.25, 0.3) is 0 Å². The lowest BCUT2D eigenvalue weighted by atomic mass is 10.00. The summed E-state index contributed by atoms with van der Waals surface area (Å²) >= 11 is 0. The number of epoxide rings is 1. The van der Waals surface area contributed by atoms with E-state index in [4.69, 9.17) is 4.74 Å². The van der Waals surface area contributed by atoms with Crippen LogP contribution in [0.3, 0.4) is 0 Å². The number of anilines is 1. The number of ether oxygens (including phenoxy) is 1. The van der Waals surface area contributed by atoms with E-state index in [-0.39, 0.29) is 6.04 Å². The Kier molecular flexibility index (Phi) is 3.29. The van der Waals surface area contributed by atoms with Gasteiger partial charge in [0.2, 0.25) is 0 Å². The highest BCUT2D eigenvalue weighted by Crippen LogP contribution is 2.21. The van der Waals surface area contributed by atoms with Crippen molar-refractivity contribution in [2.75, 3.05) is 11.9 Å². The van der Waals surface area contributed by atoms with Crippen molar-refractivity contribution in [1.82, 2.24) is 0 Å². The first-order valence-electron chi connectivity index (χ1n) is 6.40. The van der Waals surface area contributed by atoms with Crippen LogP contribution in [0.15, 0.2) is 66.3 Å². The second-order valence-electron chi connectivity index (χ2n) is 4.63. The van der Waals surface area contributed by atoms with Crippen molar-refractivity contribution < 1.29 is 4.74 Å². The largest absolute Gasteiger partial charge is 0.375 e. The Labute approximate surface area is 108 Å². The lowest BCUT2D eigenvalue weighted by Gasteiger charge is -2.20. The maximum absolute atomic E-state index is 5.25. The van der Waals surface area contributed by atoms with E-state index in [1.807, 2.05) is 18.2 Å². The van der Waals surface area contributed by atoms with E-state index in [1.54, 1.807) is 0 Å². The van der Waals surface area contributed by atoms with Crippen molar-refractivity contribution in [3.63, 3.8) is 0 Å². The summed E-state index contributed by atoms with van der Waals surface area (Å²) in [6.07, 6.45) is 12.3. The fourth-order valence-corrected chi connectivity index (χ4v) is 2.07. The smallest absolute Gasteiger partial charge is 0.0844 e. The van der Waals surface area contributed by atoms with Crippen molar-refractivity contribution in [3.8, 4) is 0 Å². The minimum Gasteiger partial charge on any atom is -0.375 e. The van der Waals surface area contributed by atoms with Crippen LogP contribution in [0, 0.1) is 0 Å². The van der Waals surface area contributed by atoms with Gasteiger partial charge in [-0.1, -0.05) is 48.6 Å². The highest BCUT2D eigenvalue weighted by Gasteiger charge is 2.21. The second kappa shape index (κ2) is 5.23. The minimum absolute atomic E-state index is 0.260.